The predicted molar refractivity (Wildman–Crippen MR) is 112 cm³/mol. The van der Waals surface area contributed by atoms with Gasteiger partial charge < -0.3 is 4.74 Å². The Morgan fingerprint density at radius 1 is 1.00 bits per heavy atom. The van der Waals surface area contributed by atoms with Crippen molar-refractivity contribution < 1.29 is 13.2 Å². The van der Waals surface area contributed by atoms with Crippen molar-refractivity contribution in [2.75, 3.05) is 13.7 Å². The fourth-order valence-corrected chi connectivity index (χ4v) is 5.63. The minimum atomic E-state index is -3.64. The number of nitrogens with zero attached hydrogens (tertiary/aromatic N) is 2. The highest BCUT2D eigenvalue weighted by molar-refractivity contribution is 7.89. The van der Waals surface area contributed by atoms with Crippen LogP contribution >= 0.6 is 0 Å². The van der Waals surface area contributed by atoms with E-state index >= 15 is 0 Å². The molecular formula is C23H24N2O3S. The van der Waals surface area contributed by atoms with Crippen LogP contribution in [0.2, 0.25) is 0 Å². The van der Waals surface area contributed by atoms with Gasteiger partial charge in [-0.1, -0.05) is 35.9 Å². The van der Waals surface area contributed by atoms with Crippen LogP contribution in [0.4, 0.5) is 0 Å². The third kappa shape index (κ3) is 3.78. The Bertz CT molecular complexity index is 1070. The standard InChI is InChI=1S/C23H24N2O3S/c1-17-6-12-20(13-7-17)29(26,27)25-16-14-21(18-8-10-19(28-2)11-9-18)23(25)22-5-3-4-15-24-22/h3-13,15,21,23H,14,16H2,1-2H3/t21-,23+/m0/s1. The summed E-state index contributed by atoms with van der Waals surface area (Å²) < 4.78 is 33.8. The molecule has 0 unspecified atom stereocenters. The molecule has 1 aromatic heterocycles. The van der Waals surface area contributed by atoms with Crippen molar-refractivity contribution in [2.45, 2.75) is 30.2 Å². The second kappa shape index (κ2) is 7.97. The van der Waals surface area contributed by atoms with E-state index in [-0.39, 0.29) is 12.0 Å². The van der Waals surface area contributed by atoms with Gasteiger partial charge in [0.1, 0.15) is 5.75 Å². The first-order chi connectivity index (χ1) is 14.0. The topological polar surface area (TPSA) is 59.5 Å². The Balaban J connectivity index is 1.76. The van der Waals surface area contributed by atoms with Crippen LogP contribution in [-0.4, -0.2) is 31.4 Å². The first-order valence-electron chi connectivity index (χ1n) is 9.64. The number of ether oxygens (including phenoxy) is 1. The molecule has 1 aliphatic rings. The largest absolute Gasteiger partial charge is 0.497 e. The molecule has 5 nitrogen and oxygen atoms in total. The van der Waals surface area contributed by atoms with Gasteiger partial charge >= 0.3 is 0 Å². The first-order valence-corrected chi connectivity index (χ1v) is 11.1. The summed E-state index contributed by atoms with van der Waals surface area (Å²) in [7, 11) is -2.00. The van der Waals surface area contributed by atoms with Gasteiger partial charge in [0, 0.05) is 18.7 Å². The number of pyridine rings is 1. The van der Waals surface area contributed by atoms with Gasteiger partial charge in [0.15, 0.2) is 0 Å². The van der Waals surface area contributed by atoms with Crippen molar-refractivity contribution in [1.29, 1.82) is 0 Å². The maximum absolute atomic E-state index is 13.5. The third-order valence-corrected chi connectivity index (χ3v) is 7.41. The molecular weight excluding hydrogens is 384 g/mol. The van der Waals surface area contributed by atoms with Gasteiger partial charge in [0.05, 0.1) is 23.7 Å². The van der Waals surface area contributed by atoms with Crippen LogP contribution < -0.4 is 4.74 Å². The van der Waals surface area contributed by atoms with Gasteiger partial charge in [-0.3, -0.25) is 4.98 Å². The number of benzene rings is 2. The average Bonchev–Trinajstić information content (AvgIpc) is 3.21. The van der Waals surface area contributed by atoms with Gasteiger partial charge in [-0.2, -0.15) is 4.31 Å². The summed E-state index contributed by atoms with van der Waals surface area (Å²) in [6.45, 7) is 2.40. The van der Waals surface area contributed by atoms with E-state index in [1.54, 1.807) is 29.7 Å². The molecule has 0 aliphatic carbocycles. The van der Waals surface area contributed by atoms with Gasteiger partial charge in [0.25, 0.3) is 0 Å². The molecule has 6 heteroatoms. The average molecular weight is 409 g/mol. The van der Waals surface area contributed by atoms with E-state index in [0.717, 1.165) is 29.0 Å². The maximum atomic E-state index is 13.5. The van der Waals surface area contributed by atoms with Crippen LogP contribution in [0, 0.1) is 6.92 Å². The van der Waals surface area contributed by atoms with Crippen LogP contribution in [0.15, 0.2) is 77.8 Å². The highest BCUT2D eigenvalue weighted by Crippen LogP contribution is 2.45. The molecule has 29 heavy (non-hydrogen) atoms. The molecule has 1 fully saturated rings. The molecule has 1 saturated heterocycles. The second-order valence-corrected chi connectivity index (χ2v) is 9.19. The highest BCUT2D eigenvalue weighted by atomic mass is 32.2. The zero-order valence-electron chi connectivity index (χ0n) is 16.5. The van der Waals surface area contributed by atoms with Crippen molar-refractivity contribution in [3.63, 3.8) is 0 Å². The van der Waals surface area contributed by atoms with Crippen molar-refractivity contribution in [3.05, 3.63) is 89.7 Å². The molecule has 0 radical (unpaired) electrons. The quantitative estimate of drug-likeness (QED) is 0.631. The summed E-state index contributed by atoms with van der Waals surface area (Å²) in [5.74, 6) is 0.807. The minimum absolute atomic E-state index is 0.0241. The zero-order chi connectivity index (χ0) is 20.4. The Hall–Kier alpha value is -2.70. The molecule has 150 valence electrons. The van der Waals surface area contributed by atoms with Crippen LogP contribution in [0.5, 0.6) is 5.75 Å². The molecule has 0 amide bonds. The van der Waals surface area contributed by atoms with E-state index in [9.17, 15) is 8.42 Å². The van der Waals surface area contributed by atoms with E-state index in [4.69, 9.17) is 4.74 Å². The van der Waals surface area contributed by atoms with Crippen molar-refractivity contribution in [2.24, 2.45) is 0 Å². The summed E-state index contributed by atoms with van der Waals surface area (Å²) in [4.78, 5) is 4.83. The molecule has 0 spiro atoms. The normalized spacial score (nSPS) is 19.9. The molecule has 4 rings (SSSR count). The van der Waals surface area contributed by atoms with E-state index in [2.05, 4.69) is 4.98 Å². The molecule has 2 atom stereocenters. The van der Waals surface area contributed by atoms with Crippen molar-refractivity contribution >= 4 is 10.0 Å². The maximum Gasteiger partial charge on any atom is 0.243 e. The van der Waals surface area contributed by atoms with Crippen LogP contribution in [0.25, 0.3) is 0 Å². The van der Waals surface area contributed by atoms with Gasteiger partial charge in [0.2, 0.25) is 10.0 Å². The lowest BCUT2D eigenvalue weighted by Gasteiger charge is -2.27. The van der Waals surface area contributed by atoms with E-state index < -0.39 is 10.0 Å². The molecule has 1 aliphatic heterocycles. The Labute approximate surface area is 172 Å². The Morgan fingerprint density at radius 2 is 1.72 bits per heavy atom. The number of sulfonamides is 1. The van der Waals surface area contributed by atoms with E-state index in [1.165, 1.54) is 0 Å². The summed E-state index contributed by atoms with van der Waals surface area (Å²) in [6, 6.07) is 20.2. The van der Waals surface area contributed by atoms with Crippen LogP contribution in [-0.2, 0) is 10.0 Å². The molecule has 0 N–H and O–H groups in total. The van der Waals surface area contributed by atoms with Crippen LogP contribution in [0.1, 0.15) is 35.2 Å². The lowest BCUT2D eigenvalue weighted by atomic mass is 9.90. The Morgan fingerprint density at radius 3 is 2.34 bits per heavy atom. The number of rotatable bonds is 5. The Kier molecular flexibility index (Phi) is 5.39. The number of aromatic nitrogens is 1. The monoisotopic (exact) mass is 408 g/mol. The fourth-order valence-electron chi connectivity index (χ4n) is 3.98. The summed E-state index contributed by atoms with van der Waals surface area (Å²) in [5, 5.41) is 0. The summed E-state index contributed by atoms with van der Waals surface area (Å²) >= 11 is 0. The summed E-state index contributed by atoms with van der Waals surface area (Å²) in [5.41, 5.74) is 2.88. The second-order valence-electron chi connectivity index (χ2n) is 7.30. The van der Waals surface area contributed by atoms with Crippen LogP contribution in [0.3, 0.4) is 0 Å². The van der Waals surface area contributed by atoms with Gasteiger partial charge in [-0.25, -0.2) is 8.42 Å². The first kappa shape index (κ1) is 19.6. The SMILES string of the molecule is COc1ccc([C@@H]2CCN(S(=O)(=O)c3ccc(C)cc3)[C@H]2c2ccccn2)cc1. The molecule has 0 bridgehead atoms. The zero-order valence-corrected chi connectivity index (χ0v) is 17.3. The lowest BCUT2D eigenvalue weighted by Crippen LogP contribution is -2.32. The van der Waals surface area contributed by atoms with E-state index in [0.29, 0.717) is 11.4 Å². The minimum Gasteiger partial charge on any atom is -0.497 e. The molecule has 0 saturated carbocycles. The highest BCUT2D eigenvalue weighted by Gasteiger charge is 2.43. The molecule has 3 aromatic rings. The fraction of sp³-hybridized carbons (Fsp3) is 0.261. The predicted octanol–water partition coefficient (Wildman–Crippen LogP) is 4.32. The smallest absolute Gasteiger partial charge is 0.243 e. The van der Waals surface area contributed by atoms with Gasteiger partial charge in [-0.05, 0) is 55.3 Å². The molecule has 2 aromatic carbocycles. The van der Waals surface area contributed by atoms with Crippen molar-refractivity contribution in [3.8, 4) is 5.75 Å². The molecule has 2 heterocycles. The lowest BCUT2D eigenvalue weighted by molar-refractivity contribution is 0.373. The summed E-state index contributed by atoms with van der Waals surface area (Å²) in [6.07, 6.45) is 2.45. The van der Waals surface area contributed by atoms with Gasteiger partial charge in [-0.15, -0.1) is 0 Å². The third-order valence-electron chi connectivity index (χ3n) is 5.51. The number of hydrogen-bond acceptors (Lipinski definition) is 4. The number of methoxy groups -OCH3 is 1. The number of hydrogen-bond donors (Lipinski definition) is 0. The van der Waals surface area contributed by atoms with E-state index in [1.807, 2.05) is 61.5 Å². The van der Waals surface area contributed by atoms with Crippen molar-refractivity contribution in [1.82, 2.24) is 9.29 Å². The number of aryl methyl sites for hydroxylation is 1.